The fourth-order valence-electron chi connectivity index (χ4n) is 2.73. The lowest BCUT2D eigenvalue weighted by atomic mass is 10.1. The number of benzene rings is 2. The molecular weight excluding hydrogens is 342 g/mol. The summed E-state index contributed by atoms with van der Waals surface area (Å²) in [5.41, 5.74) is 0.110. The second-order valence-electron chi connectivity index (χ2n) is 5.67. The van der Waals surface area contributed by atoms with Crippen molar-refractivity contribution in [3.05, 3.63) is 80.0 Å². The molecule has 1 atom stereocenters. The molecule has 2 aromatic carbocycles. The van der Waals surface area contributed by atoms with Gasteiger partial charge in [0.2, 0.25) is 5.91 Å². The van der Waals surface area contributed by atoms with Crippen molar-refractivity contribution in [1.82, 2.24) is 14.9 Å². The van der Waals surface area contributed by atoms with Crippen LogP contribution in [0.15, 0.2) is 58.1 Å². The summed E-state index contributed by atoms with van der Waals surface area (Å²) in [6.45, 7) is 1.61. The zero-order valence-electron chi connectivity index (χ0n) is 13.5. The monoisotopic (exact) mass is 357 g/mol. The average Bonchev–Trinajstić information content (AvgIpc) is 2.59. The molecule has 0 aliphatic heterocycles. The minimum atomic E-state index is -0.621. The molecule has 25 heavy (non-hydrogen) atoms. The lowest BCUT2D eigenvalue weighted by molar-refractivity contribution is -0.122. The summed E-state index contributed by atoms with van der Waals surface area (Å²) >= 11 is 6.14. The number of rotatable bonds is 4. The maximum absolute atomic E-state index is 12.4. The molecular formula is C18H16ClN3O3. The number of nitrogens with zero attached hydrogens (tertiary/aromatic N) is 1. The molecule has 1 amide bonds. The Morgan fingerprint density at radius 1 is 1.16 bits per heavy atom. The largest absolute Gasteiger partial charge is 0.348 e. The van der Waals surface area contributed by atoms with Crippen LogP contribution >= 0.6 is 11.6 Å². The van der Waals surface area contributed by atoms with Gasteiger partial charge in [-0.15, -0.1) is 0 Å². The van der Waals surface area contributed by atoms with Crippen LogP contribution in [-0.4, -0.2) is 15.5 Å². The van der Waals surface area contributed by atoms with E-state index in [0.717, 1.165) is 5.56 Å². The third-order valence-electron chi connectivity index (χ3n) is 3.96. The molecule has 0 aliphatic rings. The first-order valence-corrected chi connectivity index (χ1v) is 8.11. The normalized spacial score (nSPS) is 12.1. The molecule has 128 valence electrons. The summed E-state index contributed by atoms with van der Waals surface area (Å²) in [4.78, 5) is 38.6. The first-order chi connectivity index (χ1) is 12.0. The minimum absolute atomic E-state index is 0.203. The van der Waals surface area contributed by atoms with Crippen molar-refractivity contribution in [2.75, 3.05) is 0 Å². The summed E-state index contributed by atoms with van der Waals surface area (Å²) in [6, 6.07) is 13.6. The van der Waals surface area contributed by atoms with Gasteiger partial charge in [0.1, 0.15) is 6.54 Å². The van der Waals surface area contributed by atoms with E-state index < -0.39 is 11.2 Å². The summed E-state index contributed by atoms with van der Waals surface area (Å²) in [5, 5.41) is 3.73. The molecule has 6 nitrogen and oxygen atoms in total. The Kier molecular flexibility index (Phi) is 4.72. The number of halogens is 1. The van der Waals surface area contributed by atoms with E-state index in [1.54, 1.807) is 30.3 Å². The van der Waals surface area contributed by atoms with E-state index in [0.29, 0.717) is 15.9 Å². The summed E-state index contributed by atoms with van der Waals surface area (Å²) in [5.74, 6) is -0.355. The van der Waals surface area contributed by atoms with Gasteiger partial charge in [0.05, 0.1) is 16.9 Å². The van der Waals surface area contributed by atoms with Gasteiger partial charge < -0.3 is 5.32 Å². The predicted octanol–water partition coefficient (Wildman–Crippen LogP) is 2.22. The topological polar surface area (TPSA) is 84.0 Å². The van der Waals surface area contributed by atoms with Crippen molar-refractivity contribution in [2.24, 2.45) is 0 Å². The van der Waals surface area contributed by atoms with Gasteiger partial charge in [0.25, 0.3) is 5.56 Å². The molecule has 0 saturated heterocycles. The number of hydrogen-bond acceptors (Lipinski definition) is 3. The molecule has 0 saturated carbocycles. The quantitative estimate of drug-likeness (QED) is 0.751. The Morgan fingerprint density at radius 3 is 2.60 bits per heavy atom. The Morgan fingerprint density at radius 2 is 1.84 bits per heavy atom. The highest BCUT2D eigenvalue weighted by Gasteiger charge is 2.15. The van der Waals surface area contributed by atoms with Crippen molar-refractivity contribution in [1.29, 1.82) is 0 Å². The van der Waals surface area contributed by atoms with Gasteiger partial charge in [-0.2, -0.15) is 0 Å². The SMILES string of the molecule is CC(NC(=O)Cn1c(=O)[nH]c(=O)c2ccccc21)c1ccccc1Cl. The molecule has 1 heterocycles. The van der Waals surface area contributed by atoms with Crippen molar-refractivity contribution < 1.29 is 4.79 Å². The van der Waals surface area contributed by atoms with Gasteiger partial charge in [0.15, 0.2) is 0 Å². The fourth-order valence-corrected chi connectivity index (χ4v) is 3.03. The Balaban J connectivity index is 1.87. The van der Waals surface area contributed by atoms with Gasteiger partial charge >= 0.3 is 5.69 Å². The van der Waals surface area contributed by atoms with E-state index in [2.05, 4.69) is 10.3 Å². The van der Waals surface area contributed by atoms with Gasteiger partial charge in [-0.3, -0.25) is 19.1 Å². The standard InChI is InChI=1S/C18H16ClN3O3/c1-11(12-6-2-4-8-14(12)19)20-16(23)10-22-15-9-5-3-7-13(15)17(24)21-18(22)25/h2-9,11H,10H2,1H3,(H,20,23)(H,21,24,25). The first kappa shape index (κ1) is 17.0. The van der Waals surface area contributed by atoms with Crippen LogP contribution in [0.2, 0.25) is 5.02 Å². The Labute approximate surface area is 148 Å². The van der Waals surface area contributed by atoms with Crippen molar-refractivity contribution in [3.8, 4) is 0 Å². The number of carbonyl (C=O) groups excluding carboxylic acids is 1. The lowest BCUT2D eigenvalue weighted by Crippen LogP contribution is -2.37. The molecule has 0 aliphatic carbocycles. The Hall–Kier alpha value is -2.86. The van der Waals surface area contributed by atoms with Crippen LogP contribution in [0.5, 0.6) is 0 Å². The van der Waals surface area contributed by atoms with Crippen LogP contribution in [-0.2, 0) is 11.3 Å². The van der Waals surface area contributed by atoms with Crippen LogP contribution in [0.4, 0.5) is 0 Å². The van der Waals surface area contributed by atoms with E-state index in [9.17, 15) is 14.4 Å². The fraction of sp³-hybridized carbons (Fsp3) is 0.167. The molecule has 0 spiro atoms. The van der Waals surface area contributed by atoms with E-state index in [4.69, 9.17) is 11.6 Å². The smallest absolute Gasteiger partial charge is 0.329 e. The maximum atomic E-state index is 12.4. The molecule has 3 rings (SSSR count). The highest BCUT2D eigenvalue weighted by molar-refractivity contribution is 6.31. The molecule has 2 N–H and O–H groups in total. The van der Waals surface area contributed by atoms with Crippen molar-refractivity contribution in [3.63, 3.8) is 0 Å². The lowest BCUT2D eigenvalue weighted by Gasteiger charge is -2.16. The first-order valence-electron chi connectivity index (χ1n) is 7.73. The average molecular weight is 358 g/mol. The second-order valence-corrected chi connectivity index (χ2v) is 6.08. The second kappa shape index (κ2) is 6.94. The van der Waals surface area contributed by atoms with Crippen LogP contribution in [0.3, 0.4) is 0 Å². The predicted molar refractivity (Wildman–Crippen MR) is 96.8 cm³/mol. The van der Waals surface area contributed by atoms with Crippen molar-refractivity contribution >= 4 is 28.4 Å². The van der Waals surface area contributed by atoms with Gasteiger partial charge in [0, 0.05) is 5.02 Å². The zero-order chi connectivity index (χ0) is 18.0. The number of amides is 1. The van der Waals surface area contributed by atoms with Crippen LogP contribution < -0.4 is 16.6 Å². The highest BCUT2D eigenvalue weighted by Crippen LogP contribution is 2.22. The number of aromatic amines is 1. The van der Waals surface area contributed by atoms with E-state index in [1.165, 1.54) is 4.57 Å². The number of carbonyl (C=O) groups is 1. The van der Waals surface area contributed by atoms with Crippen molar-refractivity contribution in [2.45, 2.75) is 19.5 Å². The number of aromatic nitrogens is 2. The summed E-state index contributed by atoms with van der Waals surface area (Å²) in [7, 11) is 0. The summed E-state index contributed by atoms with van der Waals surface area (Å²) in [6.07, 6.45) is 0. The number of H-pyrrole nitrogens is 1. The number of fused-ring (bicyclic) bond motifs is 1. The van der Waals surface area contributed by atoms with Gasteiger partial charge in [-0.25, -0.2) is 4.79 Å². The molecule has 0 radical (unpaired) electrons. The minimum Gasteiger partial charge on any atom is -0.348 e. The molecule has 0 bridgehead atoms. The molecule has 3 aromatic rings. The highest BCUT2D eigenvalue weighted by atomic mass is 35.5. The maximum Gasteiger partial charge on any atom is 0.329 e. The molecule has 1 aromatic heterocycles. The molecule has 1 unspecified atom stereocenters. The number of nitrogens with one attached hydrogen (secondary N) is 2. The van der Waals surface area contributed by atoms with E-state index in [1.807, 2.05) is 25.1 Å². The van der Waals surface area contributed by atoms with E-state index in [-0.39, 0.29) is 18.5 Å². The zero-order valence-corrected chi connectivity index (χ0v) is 14.2. The summed E-state index contributed by atoms with van der Waals surface area (Å²) < 4.78 is 1.24. The molecule has 0 fully saturated rings. The van der Waals surface area contributed by atoms with Gasteiger partial charge in [-0.1, -0.05) is 41.9 Å². The number of para-hydroxylation sites is 1. The van der Waals surface area contributed by atoms with Crippen LogP contribution in [0, 0.1) is 0 Å². The third kappa shape index (κ3) is 3.49. The third-order valence-corrected chi connectivity index (χ3v) is 4.30. The molecule has 7 heteroatoms. The Bertz CT molecular complexity index is 1060. The number of hydrogen-bond donors (Lipinski definition) is 2. The van der Waals surface area contributed by atoms with Crippen LogP contribution in [0.25, 0.3) is 10.9 Å². The van der Waals surface area contributed by atoms with Gasteiger partial charge in [-0.05, 0) is 30.7 Å². The van der Waals surface area contributed by atoms with E-state index >= 15 is 0 Å². The van der Waals surface area contributed by atoms with Crippen LogP contribution in [0.1, 0.15) is 18.5 Å².